The van der Waals surface area contributed by atoms with E-state index < -0.39 is 0 Å². The molecular weight excluding hydrogens is 238 g/mol. The number of benzene rings is 1. The number of nitrogens with zero attached hydrogens (tertiary/aromatic N) is 2. The van der Waals surface area contributed by atoms with Crippen molar-refractivity contribution in [2.45, 2.75) is 39.5 Å². The van der Waals surface area contributed by atoms with Gasteiger partial charge in [0.2, 0.25) is 0 Å². The molecule has 2 rings (SSSR count). The molecular formula is C15H21N3O. The monoisotopic (exact) mass is 259 g/mol. The van der Waals surface area contributed by atoms with Crippen LogP contribution in [0.1, 0.15) is 38.2 Å². The van der Waals surface area contributed by atoms with E-state index in [-0.39, 0.29) is 12.1 Å². The first-order chi connectivity index (χ1) is 9.11. The van der Waals surface area contributed by atoms with Crippen molar-refractivity contribution in [3.63, 3.8) is 0 Å². The molecule has 0 aliphatic rings. The molecule has 0 saturated heterocycles. The van der Waals surface area contributed by atoms with Crippen LogP contribution < -0.4 is 10.5 Å². The van der Waals surface area contributed by atoms with Crippen molar-refractivity contribution in [3.8, 4) is 5.75 Å². The Morgan fingerprint density at radius 3 is 2.84 bits per heavy atom. The molecule has 0 aliphatic heterocycles. The molecule has 0 fully saturated rings. The van der Waals surface area contributed by atoms with E-state index >= 15 is 0 Å². The molecule has 0 radical (unpaired) electrons. The number of imidazole rings is 1. The second-order valence-corrected chi connectivity index (χ2v) is 4.79. The van der Waals surface area contributed by atoms with Gasteiger partial charge in [-0.1, -0.05) is 12.1 Å². The standard InChI is InChI=1S/C15H21N3O/c1-4-18-9-8-17-15(18)14(16)12-6-5-7-13(10-12)19-11(2)3/h5-11,14H,4,16H2,1-3H3. The van der Waals surface area contributed by atoms with E-state index in [1.54, 1.807) is 6.20 Å². The fourth-order valence-corrected chi connectivity index (χ4v) is 2.07. The predicted octanol–water partition coefficient (Wildman–Crippen LogP) is 2.74. The van der Waals surface area contributed by atoms with Gasteiger partial charge < -0.3 is 15.0 Å². The molecule has 0 saturated carbocycles. The zero-order valence-electron chi connectivity index (χ0n) is 11.7. The van der Waals surface area contributed by atoms with E-state index in [2.05, 4.69) is 16.5 Å². The first kappa shape index (κ1) is 13.6. The first-order valence-corrected chi connectivity index (χ1v) is 6.65. The van der Waals surface area contributed by atoms with Gasteiger partial charge >= 0.3 is 0 Å². The molecule has 0 amide bonds. The van der Waals surface area contributed by atoms with Crippen LogP contribution in [0.3, 0.4) is 0 Å². The largest absolute Gasteiger partial charge is 0.491 e. The quantitative estimate of drug-likeness (QED) is 0.898. The van der Waals surface area contributed by atoms with Gasteiger partial charge in [-0.25, -0.2) is 4.98 Å². The second-order valence-electron chi connectivity index (χ2n) is 4.79. The van der Waals surface area contributed by atoms with Crippen molar-refractivity contribution in [2.75, 3.05) is 0 Å². The Bertz CT molecular complexity index is 534. The van der Waals surface area contributed by atoms with Crippen molar-refractivity contribution >= 4 is 0 Å². The molecule has 2 aromatic rings. The number of aryl methyl sites for hydroxylation is 1. The predicted molar refractivity (Wildman–Crippen MR) is 76.1 cm³/mol. The summed E-state index contributed by atoms with van der Waals surface area (Å²) in [4.78, 5) is 4.35. The summed E-state index contributed by atoms with van der Waals surface area (Å²) < 4.78 is 7.75. The van der Waals surface area contributed by atoms with Crippen LogP contribution in [0.4, 0.5) is 0 Å². The average Bonchev–Trinajstić information content (AvgIpc) is 2.85. The van der Waals surface area contributed by atoms with Gasteiger partial charge in [-0.05, 0) is 38.5 Å². The smallest absolute Gasteiger partial charge is 0.130 e. The van der Waals surface area contributed by atoms with Crippen LogP contribution in [-0.2, 0) is 6.54 Å². The maximum Gasteiger partial charge on any atom is 0.130 e. The maximum absolute atomic E-state index is 6.30. The molecule has 1 aromatic carbocycles. The summed E-state index contributed by atoms with van der Waals surface area (Å²) >= 11 is 0. The Labute approximate surface area is 114 Å². The van der Waals surface area contributed by atoms with E-state index in [4.69, 9.17) is 10.5 Å². The van der Waals surface area contributed by atoms with Crippen LogP contribution in [0.5, 0.6) is 5.75 Å². The highest BCUT2D eigenvalue weighted by Gasteiger charge is 2.14. The van der Waals surface area contributed by atoms with Gasteiger partial charge in [-0.15, -0.1) is 0 Å². The molecule has 4 heteroatoms. The highest BCUT2D eigenvalue weighted by atomic mass is 16.5. The number of aromatic nitrogens is 2. The zero-order valence-corrected chi connectivity index (χ0v) is 11.7. The zero-order chi connectivity index (χ0) is 13.8. The Hall–Kier alpha value is -1.81. The van der Waals surface area contributed by atoms with Gasteiger partial charge in [0.1, 0.15) is 11.6 Å². The van der Waals surface area contributed by atoms with E-state index in [9.17, 15) is 0 Å². The van der Waals surface area contributed by atoms with Gasteiger partial charge in [0.05, 0.1) is 12.1 Å². The minimum atomic E-state index is -0.231. The lowest BCUT2D eigenvalue weighted by Crippen LogP contribution is -2.17. The van der Waals surface area contributed by atoms with Crippen LogP contribution in [0, 0.1) is 0 Å². The topological polar surface area (TPSA) is 53.1 Å². The Morgan fingerprint density at radius 1 is 1.37 bits per heavy atom. The maximum atomic E-state index is 6.30. The first-order valence-electron chi connectivity index (χ1n) is 6.65. The molecule has 0 bridgehead atoms. The minimum absolute atomic E-state index is 0.157. The van der Waals surface area contributed by atoms with Gasteiger partial charge in [0.15, 0.2) is 0 Å². The van der Waals surface area contributed by atoms with Gasteiger partial charge in [0.25, 0.3) is 0 Å². The lowest BCUT2D eigenvalue weighted by atomic mass is 10.1. The number of hydrogen-bond acceptors (Lipinski definition) is 3. The fraction of sp³-hybridized carbons (Fsp3) is 0.400. The average molecular weight is 259 g/mol. The van der Waals surface area contributed by atoms with Crippen molar-refractivity contribution in [3.05, 3.63) is 48.0 Å². The third kappa shape index (κ3) is 3.15. The van der Waals surface area contributed by atoms with Gasteiger partial charge in [-0.2, -0.15) is 0 Å². The SMILES string of the molecule is CCn1ccnc1C(N)c1cccc(OC(C)C)c1. The van der Waals surface area contributed by atoms with Crippen LogP contribution in [0.15, 0.2) is 36.7 Å². The lowest BCUT2D eigenvalue weighted by Gasteiger charge is -2.15. The Kier molecular flexibility index (Phi) is 4.22. The number of ether oxygens (including phenoxy) is 1. The van der Waals surface area contributed by atoms with Gasteiger partial charge in [-0.3, -0.25) is 0 Å². The van der Waals surface area contributed by atoms with Crippen molar-refractivity contribution in [1.29, 1.82) is 0 Å². The van der Waals surface area contributed by atoms with Crippen LogP contribution >= 0.6 is 0 Å². The molecule has 19 heavy (non-hydrogen) atoms. The van der Waals surface area contributed by atoms with Crippen LogP contribution in [-0.4, -0.2) is 15.7 Å². The molecule has 1 aromatic heterocycles. The summed E-state index contributed by atoms with van der Waals surface area (Å²) in [5.41, 5.74) is 7.31. The summed E-state index contributed by atoms with van der Waals surface area (Å²) in [5, 5.41) is 0. The highest BCUT2D eigenvalue weighted by Crippen LogP contribution is 2.23. The van der Waals surface area contributed by atoms with E-state index in [0.29, 0.717) is 0 Å². The third-order valence-corrected chi connectivity index (χ3v) is 2.96. The normalized spacial score (nSPS) is 12.7. The molecule has 102 valence electrons. The molecule has 1 atom stereocenters. The lowest BCUT2D eigenvalue weighted by molar-refractivity contribution is 0.242. The van der Waals surface area contributed by atoms with Crippen molar-refractivity contribution in [2.24, 2.45) is 5.73 Å². The van der Waals surface area contributed by atoms with E-state index in [0.717, 1.165) is 23.7 Å². The number of nitrogens with two attached hydrogens (primary N) is 1. The summed E-state index contributed by atoms with van der Waals surface area (Å²) in [6.45, 7) is 6.97. The fourth-order valence-electron chi connectivity index (χ4n) is 2.07. The van der Waals surface area contributed by atoms with Crippen molar-refractivity contribution in [1.82, 2.24) is 9.55 Å². The molecule has 4 nitrogen and oxygen atoms in total. The van der Waals surface area contributed by atoms with E-state index in [1.807, 2.05) is 44.3 Å². The molecule has 2 N–H and O–H groups in total. The third-order valence-electron chi connectivity index (χ3n) is 2.96. The van der Waals surface area contributed by atoms with Crippen molar-refractivity contribution < 1.29 is 4.74 Å². The number of rotatable bonds is 5. The highest BCUT2D eigenvalue weighted by molar-refractivity contribution is 5.33. The van der Waals surface area contributed by atoms with Crippen LogP contribution in [0.25, 0.3) is 0 Å². The Morgan fingerprint density at radius 2 is 2.16 bits per heavy atom. The van der Waals surface area contributed by atoms with E-state index in [1.165, 1.54) is 0 Å². The molecule has 0 aliphatic carbocycles. The number of hydrogen-bond donors (Lipinski definition) is 1. The van der Waals surface area contributed by atoms with Gasteiger partial charge in [0, 0.05) is 18.9 Å². The second kappa shape index (κ2) is 5.89. The molecule has 1 unspecified atom stereocenters. The summed E-state index contributed by atoms with van der Waals surface area (Å²) in [6, 6.07) is 7.67. The minimum Gasteiger partial charge on any atom is -0.491 e. The summed E-state index contributed by atoms with van der Waals surface area (Å²) in [5.74, 6) is 1.72. The Balaban J connectivity index is 2.26. The summed E-state index contributed by atoms with van der Waals surface area (Å²) in [6.07, 6.45) is 3.89. The summed E-state index contributed by atoms with van der Waals surface area (Å²) in [7, 11) is 0. The van der Waals surface area contributed by atoms with Crippen LogP contribution in [0.2, 0.25) is 0 Å². The molecule has 0 spiro atoms. The molecule has 1 heterocycles.